The largest absolute Gasteiger partial charge is 0.488 e. The predicted octanol–water partition coefficient (Wildman–Crippen LogP) is 0.593. The predicted molar refractivity (Wildman–Crippen MR) is 131 cm³/mol. The molecule has 0 saturated heterocycles. The number of sulfone groups is 2. The van der Waals surface area contributed by atoms with Crippen molar-refractivity contribution in [2.24, 2.45) is 0 Å². The first kappa shape index (κ1) is 29.0. The molecule has 0 heterocycles. The first-order chi connectivity index (χ1) is 16.9. The lowest BCUT2D eigenvalue weighted by atomic mass is 10.3. The fourth-order valence-electron chi connectivity index (χ4n) is 3.01. The number of nitrogens with one attached hydrogen (secondary N) is 2. The van der Waals surface area contributed by atoms with Crippen molar-refractivity contribution in [1.82, 2.24) is 0 Å². The molecule has 0 saturated carbocycles. The molecular weight excluding hydrogens is 516 g/mol. The van der Waals surface area contributed by atoms with Crippen molar-refractivity contribution >= 4 is 42.9 Å². The Labute approximate surface area is 209 Å². The quantitative estimate of drug-likeness (QED) is 0.260. The van der Waals surface area contributed by atoms with Gasteiger partial charge in [0.2, 0.25) is 11.8 Å². The molecule has 12 nitrogen and oxygen atoms in total. The number of carbonyl (C=O) groups is 2. The van der Waals surface area contributed by atoms with Crippen molar-refractivity contribution in [1.29, 1.82) is 0 Å². The van der Waals surface area contributed by atoms with Gasteiger partial charge < -0.3 is 30.3 Å². The van der Waals surface area contributed by atoms with Crippen molar-refractivity contribution in [3.05, 3.63) is 36.4 Å². The summed E-state index contributed by atoms with van der Waals surface area (Å²) >= 11 is 0. The van der Waals surface area contributed by atoms with E-state index in [-0.39, 0.29) is 45.9 Å². The fourth-order valence-corrected chi connectivity index (χ4v) is 5.11. The molecule has 0 radical (unpaired) electrons. The molecule has 4 N–H and O–H groups in total. The van der Waals surface area contributed by atoms with Crippen LogP contribution in [0.3, 0.4) is 0 Å². The van der Waals surface area contributed by atoms with E-state index in [1.54, 1.807) is 0 Å². The minimum atomic E-state index is -3.75. The molecule has 14 heteroatoms. The Kier molecular flexibility index (Phi) is 10.2. The summed E-state index contributed by atoms with van der Waals surface area (Å²) in [6.07, 6.45) is 0. The molecule has 36 heavy (non-hydrogen) atoms. The van der Waals surface area contributed by atoms with Crippen LogP contribution >= 0.6 is 0 Å². The summed E-state index contributed by atoms with van der Waals surface area (Å²) < 4.78 is 60.1. The van der Waals surface area contributed by atoms with E-state index in [4.69, 9.17) is 19.7 Å². The maximum Gasteiger partial charge on any atom is 0.221 e. The van der Waals surface area contributed by atoms with Crippen molar-refractivity contribution in [3.63, 3.8) is 0 Å². The van der Waals surface area contributed by atoms with Gasteiger partial charge in [-0.05, 0) is 36.4 Å². The van der Waals surface area contributed by atoms with Gasteiger partial charge in [0.1, 0.15) is 24.7 Å². The van der Waals surface area contributed by atoms with Crippen LogP contribution in [0.1, 0.15) is 13.8 Å². The number of aliphatic hydroxyl groups is 2. The molecular formula is C22H28N2O10S2. The summed E-state index contributed by atoms with van der Waals surface area (Å²) in [6.45, 7) is 1.27. The van der Waals surface area contributed by atoms with Crippen LogP contribution in [0.4, 0.5) is 11.4 Å². The van der Waals surface area contributed by atoms with Gasteiger partial charge in [0.05, 0.1) is 45.9 Å². The lowest BCUT2D eigenvalue weighted by molar-refractivity contribution is -0.115. The third kappa shape index (κ3) is 8.19. The molecule has 0 aliphatic heterocycles. The highest BCUT2D eigenvalue weighted by Gasteiger charge is 2.19. The molecule has 0 aliphatic carbocycles. The van der Waals surface area contributed by atoms with E-state index in [0.717, 1.165) is 0 Å². The highest BCUT2D eigenvalue weighted by atomic mass is 32.2. The number of hydrogen-bond acceptors (Lipinski definition) is 10. The van der Waals surface area contributed by atoms with Crippen LogP contribution in [-0.2, 0) is 29.3 Å². The number of ether oxygens (including phenoxy) is 2. The highest BCUT2D eigenvalue weighted by Crippen LogP contribution is 2.30. The molecule has 0 aliphatic rings. The third-order valence-electron chi connectivity index (χ3n) is 4.56. The summed E-state index contributed by atoms with van der Waals surface area (Å²) in [5, 5.41) is 22.9. The first-order valence-corrected chi connectivity index (χ1v) is 14.0. The van der Waals surface area contributed by atoms with E-state index in [9.17, 15) is 26.4 Å². The minimum Gasteiger partial charge on any atom is -0.488 e. The van der Waals surface area contributed by atoms with E-state index in [2.05, 4.69) is 10.6 Å². The molecule has 2 amide bonds. The fraction of sp³-hybridized carbons (Fsp3) is 0.364. The number of anilines is 2. The smallest absolute Gasteiger partial charge is 0.221 e. The Hall–Kier alpha value is -3.20. The zero-order valence-corrected chi connectivity index (χ0v) is 21.3. The van der Waals surface area contributed by atoms with Crippen LogP contribution in [-0.4, -0.2) is 76.8 Å². The summed E-state index contributed by atoms with van der Waals surface area (Å²) in [6, 6.07) is 7.74. The van der Waals surface area contributed by atoms with E-state index < -0.39 is 56.2 Å². The van der Waals surface area contributed by atoms with E-state index in [1.165, 1.54) is 50.2 Å². The molecule has 0 bridgehead atoms. The summed E-state index contributed by atoms with van der Waals surface area (Å²) in [5.74, 6) is -1.52. The summed E-state index contributed by atoms with van der Waals surface area (Å²) in [7, 11) is -7.50. The van der Waals surface area contributed by atoms with Crippen molar-refractivity contribution in [2.45, 2.75) is 23.6 Å². The van der Waals surface area contributed by atoms with Gasteiger partial charge in [0, 0.05) is 13.8 Å². The first-order valence-electron chi connectivity index (χ1n) is 10.7. The van der Waals surface area contributed by atoms with Crippen molar-refractivity contribution in [3.8, 4) is 11.5 Å². The molecule has 0 atom stereocenters. The Morgan fingerprint density at radius 2 is 1.08 bits per heavy atom. The van der Waals surface area contributed by atoms with Crippen LogP contribution in [0.5, 0.6) is 11.5 Å². The minimum absolute atomic E-state index is 0.0562. The molecule has 2 aromatic rings. The monoisotopic (exact) mass is 544 g/mol. The van der Waals surface area contributed by atoms with E-state index >= 15 is 0 Å². The maximum atomic E-state index is 12.2. The molecule has 2 rings (SSSR count). The number of amides is 2. The molecule has 198 valence electrons. The number of benzene rings is 2. The molecule has 0 fully saturated rings. The zero-order valence-electron chi connectivity index (χ0n) is 19.7. The van der Waals surface area contributed by atoms with Gasteiger partial charge in [-0.3, -0.25) is 9.59 Å². The second-order valence-corrected chi connectivity index (χ2v) is 11.7. The summed E-state index contributed by atoms with van der Waals surface area (Å²) in [4.78, 5) is 22.9. The molecule has 0 unspecified atom stereocenters. The topological polar surface area (TPSA) is 185 Å². The van der Waals surface area contributed by atoms with Gasteiger partial charge in [0.25, 0.3) is 0 Å². The second-order valence-electron chi connectivity index (χ2n) is 7.46. The average molecular weight is 545 g/mol. The Morgan fingerprint density at radius 3 is 1.39 bits per heavy atom. The average Bonchev–Trinajstić information content (AvgIpc) is 2.77. The highest BCUT2D eigenvalue weighted by molar-refractivity contribution is 7.91. The normalized spacial score (nSPS) is 11.6. The van der Waals surface area contributed by atoms with Gasteiger partial charge >= 0.3 is 0 Å². The number of hydrogen-bond donors (Lipinski definition) is 4. The van der Waals surface area contributed by atoms with Gasteiger partial charge in [0.15, 0.2) is 19.7 Å². The van der Waals surface area contributed by atoms with Crippen LogP contribution < -0.4 is 20.1 Å². The van der Waals surface area contributed by atoms with Crippen LogP contribution in [0.15, 0.2) is 46.2 Å². The van der Waals surface area contributed by atoms with Gasteiger partial charge in [-0.25, -0.2) is 16.8 Å². The number of carbonyl (C=O) groups excluding carboxylic acids is 2. The van der Waals surface area contributed by atoms with Gasteiger partial charge in [-0.1, -0.05) is 0 Å². The maximum absolute atomic E-state index is 12.2. The Bertz CT molecular complexity index is 1210. The van der Waals surface area contributed by atoms with Crippen LogP contribution in [0.2, 0.25) is 0 Å². The lowest BCUT2D eigenvalue weighted by Gasteiger charge is -2.16. The van der Waals surface area contributed by atoms with E-state index in [1.807, 2.05) is 0 Å². The molecule has 2 aromatic carbocycles. The van der Waals surface area contributed by atoms with E-state index in [0.29, 0.717) is 0 Å². The van der Waals surface area contributed by atoms with Gasteiger partial charge in [-0.15, -0.1) is 0 Å². The summed E-state index contributed by atoms with van der Waals surface area (Å²) in [5.41, 5.74) is 0.220. The third-order valence-corrected chi connectivity index (χ3v) is 7.94. The standard InChI is InChI=1S/C22H28N2O10S2/c1-15(27)23-19-13-17(35(29,30)11-7-25)3-5-21(19)33-9-10-34-22-6-4-18(36(31,32)12-8-26)14-20(22)24-16(2)28/h3-6,13-14,25-26H,7-12H2,1-2H3,(H,23,27)(H,24,28). The lowest BCUT2D eigenvalue weighted by Crippen LogP contribution is -2.15. The SMILES string of the molecule is CC(=O)Nc1cc(S(=O)(=O)CCO)ccc1OCCOc1ccc(S(=O)(=O)CCO)cc1NC(C)=O. The van der Waals surface area contributed by atoms with Crippen molar-refractivity contribution in [2.75, 3.05) is 48.6 Å². The number of rotatable bonds is 13. The molecule has 0 spiro atoms. The molecule has 0 aromatic heterocycles. The Morgan fingerprint density at radius 1 is 0.722 bits per heavy atom. The Balaban J connectivity index is 2.17. The zero-order chi connectivity index (χ0) is 26.9. The van der Waals surface area contributed by atoms with Crippen LogP contribution in [0.25, 0.3) is 0 Å². The number of aliphatic hydroxyl groups excluding tert-OH is 2. The van der Waals surface area contributed by atoms with Crippen LogP contribution in [0, 0.1) is 0 Å². The second kappa shape index (κ2) is 12.7. The van der Waals surface area contributed by atoms with Gasteiger partial charge in [-0.2, -0.15) is 0 Å². The van der Waals surface area contributed by atoms with Crippen molar-refractivity contribution < 1.29 is 46.1 Å².